The van der Waals surface area contributed by atoms with Gasteiger partial charge in [-0.25, -0.2) is 0 Å². The molecule has 1 radical (unpaired) electrons. The van der Waals surface area contributed by atoms with Gasteiger partial charge in [0.2, 0.25) is 0 Å². The molecule has 0 aromatic carbocycles. The number of carbonyl (C=O) groups is 5. The predicted octanol–water partition coefficient (Wildman–Crippen LogP) is -4.25. The average molecular weight is 433 g/mol. The summed E-state index contributed by atoms with van der Waals surface area (Å²) in [6.07, 6.45) is 0. The minimum atomic E-state index is -1.08. The van der Waals surface area contributed by atoms with Gasteiger partial charge >= 0.3 is 35.5 Å². The number of carbonyl (C=O) groups excluding carboxylic acids is 1. The number of carboxylic acids is 4. The van der Waals surface area contributed by atoms with Crippen molar-refractivity contribution in [1.82, 2.24) is 5.48 Å². The molecule has 0 heterocycles. The van der Waals surface area contributed by atoms with Gasteiger partial charge in [0.05, 0.1) is 0 Å². The molecular formula is C12H23MnN2NaO10-4. The third-order valence-corrected chi connectivity index (χ3v) is 0.462. The van der Waals surface area contributed by atoms with Gasteiger partial charge in [-0.2, -0.15) is 5.48 Å². The summed E-state index contributed by atoms with van der Waals surface area (Å²) in [5, 5.41) is 29.2. The van der Waals surface area contributed by atoms with Gasteiger partial charge in [0.15, 0.2) is 23.9 Å². The minimum absolute atomic E-state index is 0. The second-order valence-electron chi connectivity index (χ2n) is 2.85. The van der Waals surface area contributed by atoms with Gasteiger partial charge in [0.1, 0.15) is 0 Å². The SMILES string of the molecule is CC(=O)ONCCN.[CH2-]C(=O)O.[CH2-]C(=O)O.[CH2-]C(=O)O.[CH2-]C(=O)O.[H-].[Mn].[Na+]. The van der Waals surface area contributed by atoms with E-state index in [4.69, 9.17) is 45.3 Å². The molecule has 0 aromatic heterocycles. The number of rotatable bonds is 3. The van der Waals surface area contributed by atoms with E-state index in [-0.39, 0.29) is 54.0 Å². The van der Waals surface area contributed by atoms with Crippen LogP contribution in [0, 0.1) is 27.7 Å². The standard InChI is InChI=1S/C4H10N2O2.4C2H3O2.Mn.Na.H/c1-4(7)8-6-3-2-5;4*1-2(3)4;;;/h6H,2-3,5H2,1H3;4*1H2,(H,3,4);;;/q;4*-1;;+1;-1. The van der Waals surface area contributed by atoms with Crippen LogP contribution in [0.15, 0.2) is 0 Å². The summed E-state index contributed by atoms with van der Waals surface area (Å²) in [4.78, 5) is 49.9. The molecule has 7 N–H and O–H groups in total. The molecule has 0 unspecified atom stereocenters. The van der Waals surface area contributed by atoms with Crippen molar-refractivity contribution in [3.63, 3.8) is 0 Å². The monoisotopic (exact) mass is 433 g/mol. The molecule has 26 heavy (non-hydrogen) atoms. The van der Waals surface area contributed by atoms with E-state index < -0.39 is 23.9 Å². The Hall–Kier alpha value is -1.73. The van der Waals surface area contributed by atoms with Crippen LogP contribution in [0.25, 0.3) is 0 Å². The molecule has 0 atom stereocenters. The second kappa shape index (κ2) is 38.7. The van der Waals surface area contributed by atoms with Crippen molar-refractivity contribution in [2.45, 2.75) is 6.92 Å². The molecule has 0 rings (SSSR count). The molecular weight excluding hydrogens is 410 g/mol. The van der Waals surface area contributed by atoms with E-state index in [2.05, 4.69) is 38.0 Å². The second-order valence-corrected chi connectivity index (χ2v) is 2.85. The smallest absolute Gasteiger partial charge is 1.00 e. The predicted molar refractivity (Wildman–Crippen MR) is 81.9 cm³/mol. The number of hydrogen-bond donors (Lipinski definition) is 6. The number of carboxylic acid groups (broad SMARTS) is 4. The number of nitrogens with one attached hydrogen (secondary N) is 1. The fourth-order valence-electron chi connectivity index (χ4n) is 0.212. The first-order valence-electron chi connectivity index (χ1n) is 5.50. The Morgan fingerprint density at radius 3 is 1.19 bits per heavy atom. The maximum Gasteiger partial charge on any atom is 1.00 e. The maximum atomic E-state index is 9.99. The fraction of sp³-hybridized carbons (Fsp3) is 0.250. The topological polar surface area (TPSA) is 214 Å². The molecule has 0 aliphatic carbocycles. The number of hydroxylamine groups is 1. The molecule has 0 aromatic rings. The van der Waals surface area contributed by atoms with Crippen LogP contribution in [-0.2, 0) is 45.9 Å². The maximum absolute atomic E-state index is 9.99. The first-order chi connectivity index (χ1) is 10.7. The van der Waals surface area contributed by atoms with Crippen LogP contribution in [0.1, 0.15) is 8.35 Å². The molecule has 14 heteroatoms. The van der Waals surface area contributed by atoms with Gasteiger partial charge < -0.3 is 32.4 Å². The normalized spacial score (nSPS) is 6.38. The van der Waals surface area contributed by atoms with Crippen LogP contribution < -0.4 is 40.8 Å². The van der Waals surface area contributed by atoms with Crippen LogP contribution in [0.2, 0.25) is 0 Å². The molecule has 0 aliphatic rings. The van der Waals surface area contributed by atoms with Crippen LogP contribution in [0.4, 0.5) is 0 Å². The van der Waals surface area contributed by atoms with Crippen molar-refractivity contribution in [1.29, 1.82) is 0 Å². The van der Waals surface area contributed by atoms with Crippen LogP contribution in [0.5, 0.6) is 0 Å². The van der Waals surface area contributed by atoms with Gasteiger partial charge in [0.25, 0.3) is 0 Å². The van der Waals surface area contributed by atoms with E-state index in [1.165, 1.54) is 6.92 Å². The third-order valence-electron chi connectivity index (χ3n) is 0.462. The number of nitrogens with two attached hydrogens (primary N) is 1. The van der Waals surface area contributed by atoms with Crippen LogP contribution in [-0.4, -0.2) is 63.4 Å². The molecule has 0 amide bonds. The Morgan fingerprint density at radius 2 is 1.08 bits per heavy atom. The van der Waals surface area contributed by atoms with Crippen molar-refractivity contribution in [3.05, 3.63) is 27.7 Å². The molecule has 0 saturated carbocycles. The van der Waals surface area contributed by atoms with Crippen molar-refractivity contribution in [2.75, 3.05) is 13.1 Å². The summed E-state index contributed by atoms with van der Waals surface area (Å²) >= 11 is 0. The number of aliphatic carboxylic acids is 4. The molecule has 153 valence electrons. The molecule has 0 aliphatic heterocycles. The third kappa shape index (κ3) is 942. The molecule has 12 nitrogen and oxygen atoms in total. The van der Waals surface area contributed by atoms with Crippen molar-refractivity contribution < 1.29 is 97.3 Å². The van der Waals surface area contributed by atoms with E-state index in [0.717, 1.165) is 0 Å². The number of hydrogen-bond acceptors (Lipinski definition) is 8. The first-order valence-corrected chi connectivity index (χ1v) is 5.50. The van der Waals surface area contributed by atoms with E-state index >= 15 is 0 Å². The summed E-state index contributed by atoms with van der Waals surface area (Å²) in [5.74, 6) is -4.68. The molecule has 0 saturated heterocycles. The zero-order valence-corrected chi connectivity index (χ0v) is 17.6. The van der Waals surface area contributed by atoms with E-state index in [0.29, 0.717) is 13.1 Å². The van der Waals surface area contributed by atoms with Crippen molar-refractivity contribution >= 4 is 29.8 Å². The Labute approximate surface area is 185 Å². The van der Waals surface area contributed by atoms with Crippen LogP contribution in [0.3, 0.4) is 0 Å². The zero-order valence-electron chi connectivity index (χ0n) is 15.4. The molecule has 0 fully saturated rings. The van der Waals surface area contributed by atoms with Gasteiger partial charge in [-0.05, 0) is 0 Å². The zero-order chi connectivity index (χ0) is 20.7. The summed E-state index contributed by atoms with van der Waals surface area (Å²) in [5.41, 5.74) is 7.42. The van der Waals surface area contributed by atoms with E-state index in [1.54, 1.807) is 0 Å². The summed E-state index contributed by atoms with van der Waals surface area (Å²) in [6.45, 7) is 12.5. The molecule has 0 spiro atoms. The van der Waals surface area contributed by atoms with Crippen LogP contribution >= 0.6 is 0 Å². The van der Waals surface area contributed by atoms with E-state index in [9.17, 15) is 4.79 Å². The van der Waals surface area contributed by atoms with Crippen molar-refractivity contribution in [2.24, 2.45) is 5.73 Å². The molecule has 0 bridgehead atoms. The fourth-order valence-corrected chi connectivity index (χ4v) is 0.212. The minimum Gasteiger partial charge on any atom is -1.00 e. The Kier molecular flexibility index (Phi) is 65.6. The average Bonchev–Trinajstić information content (AvgIpc) is 2.25. The summed E-state index contributed by atoms with van der Waals surface area (Å²) in [6, 6.07) is 0. The largest absolute Gasteiger partial charge is 1.00 e. The van der Waals surface area contributed by atoms with Crippen molar-refractivity contribution in [3.8, 4) is 0 Å². The van der Waals surface area contributed by atoms with E-state index in [1.807, 2.05) is 0 Å². The Balaban J connectivity index is -0.0000000282. The Morgan fingerprint density at radius 1 is 0.885 bits per heavy atom. The summed E-state index contributed by atoms with van der Waals surface area (Å²) < 4.78 is 0. The van der Waals surface area contributed by atoms with Gasteiger partial charge in [0, 0.05) is 37.1 Å². The van der Waals surface area contributed by atoms with Gasteiger partial charge in [-0.3, -0.25) is 51.7 Å². The summed E-state index contributed by atoms with van der Waals surface area (Å²) in [7, 11) is 0. The first kappa shape index (κ1) is 44.1. The van der Waals surface area contributed by atoms with Gasteiger partial charge in [-0.1, -0.05) is 0 Å². The van der Waals surface area contributed by atoms with Gasteiger partial charge in [-0.15, -0.1) is 0 Å². The Bertz CT molecular complexity index is 312. The quantitative estimate of drug-likeness (QED) is 0.108.